The number of aromatic nitrogens is 4. The second-order valence-electron chi connectivity index (χ2n) is 5.83. The third-order valence-electron chi connectivity index (χ3n) is 3.84. The smallest absolute Gasteiger partial charge is 0.364 e. The lowest BCUT2D eigenvalue weighted by molar-refractivity contribution is -0.141. The molecule has 0 saturated heterocycles. The number of hydrogen-bond donors (Lipinski definition) is 2. The molecule has 0 unspecified atom stereocenters. The number of carbonyl (C=O) groups excluding carboxylic acids is 2. The van der Waals surface area contributed by atoms with Gasteiger partial charge in [-0.3, -0.25) is 19.0 Å². The van der Waals surface area contributed by atoms with Gasteiger partial charge in [-0.15, -0.1) is 0 Å². The second-order valence-corrected chi connectivity index (χ2v) is 5.83. The van der Waals surface area contributed by atoms with E-state index in [0.717, 1.165) is 23.6 Å². The number of amides is 2. The normalized spacial score (nSPS) is 14.6. The van der Waals surface area contributed by atoms with Crippen molar-refractivity contribution in [3.8, 4) is 0 Å². The SMILES string of the molecule is Cn1ncc(NC(=O)Cn2nc(C(F)(F)F)cc2C2CC2)c1C(N)=O. The molecule has 0 aromatic carbocycles. The van der Waals surface area contributed by atoms with Crippen molar-refractivity contribution in [1.29, 1.82) is 0 Å². The van der Waals surface area contributed by atoms with Gasteiger partial charge in [0.1, 0.15) is 12.2 Å². The fraction of sp³-hybridized carbons (Fsp3) is 0.429. The van der Waals surface area contributed by atoms with E-state index in [9.17, 15) is 22.8 Å². The first-order valence-corrected chi connectivity index (χ1v) is 7.43. The van der Waals surface area contributed by atoms with E-state index in [-0.39, 0.29) is 17.3 Å². The summed E-state index contributed by atoms with van der Waals surface area (Å²) < 4.78 is 40.8. The average molecular weight is 356 g/mol. The number of nitrogens with zero attached hydrogens (tertiary/aromatic N) is 4. The summed E-state index contributed by atoms with van der Waals surface area (Å²) in [7, 11) is 1.48. The molecule has 11 heteroatoms. The first-order chi connectivity index (χ1) is 11.7. The Balaban J connectivity index is 1.80. The summed E-state index contributed by atoms with van der Waals surface area (Å²) in [4.78, 5) is 23.6. The standard InChI is InChI=1S/C14H15F3N6O2/c1-22-12(13(18)25)8(5-19-22)20-11(24)6-23-9(7-2-3-7)4-10(21-23)14(15,16)17/h4-5,7H,2-3,6H2,1H3,(H2,18,25)(H,20,24). The monoisotopic (exact) mass is 356 g/mol. The third kappa shape index (κ3) is 3.49. The van der Waals surface area contributed by atoms with Crippen molar-refractivity contribution in [3.63, 3.8) is 0 Å². The highest BCUT2D eigenvalue weighted by Gasteiger charge is 2.38. The van der Waals surface area contributed by atoms with Crippen LogP contribution in [0.1, 0.15) is 40.6 Å². The van der Waals surface area contributed by atoms with Crippen molar-refractivity contribution in [1.82, 2.24) is 19.6 Å². The Kier molecular flexibility index (Phi) is 4.01. The first-order valence-electron chi connectivity index (χ1n) is 7.43. The van der Waals surface area contributed by atoms with Gasteiger partial charge in [-0.1, -0.05) is 0 Å². The fourth-order valence-corrected chi connectivity index (χ4v) is 2.55. The van der Waals surface area contributed by atoms with Crippen LogP contribution in [0.15, 0.2) is 12.3 Å². The van der Waals surface area contributed by atoms with Crippen LogP contribution in [-0.4, -0.2) is 31.4 Å². The van der Waals surface area contributed by atoms with Crippen LogP contribution in [0.25, 0.3) is 0 Å². The highest BCUT2D eigenvalue weighted by Crippen LogP contribution is 2.42. The molecular formula is C14H15F3N6O2. The van der Waals surface area contributed by atoms with E-state index in [0.29, 0.717) is 5.69 Å². The molecule has 2 aromatic rings. The molecule has 1 aliphatic carbocycles. The van der Waals surface area contributed by atoms with E-state index in [1.54, 1.807) is 0 Å². The van der Waals surface area contributed by atoms with Gasteiger partial charge in [0.25, 0.3) is 5.91 Å². The number of aryl methyl sites for hydroxylation is 1. The van der Waals surface area contributed by atoms with Crippen molar-refractivity contribution in [2.75, 3.05) is 5.32 Å². The van der Waals surface area contributed by atoms with Crippen molar-refractivity contribution < 1.29 is 22.8 Å². The van der Waals surface area contributed by atoms with E-state index < -0.39 is 30.2 Å². The first kappa shape index (κ1) is 17.0. The van der Waals surface area contributed by atoms with E-state index >= 15 is 0 Å². The average Bonchev–Trinajstić information content (AvgIpc) is 3.13. The van der Waals surface area contributed by atoms with Crippen LogP contribution in [0.5, 0.6) is 0 Å². The van der Waals surface area contributed by atoms with Gasteiger partial charge in [0, 0.05) is 18.7 Å². The molecule has 1 saturated carbocycles. The molecule has 0 aliphatic heterocycles. The number of anilines is 1. The van der Waals surface area contributed by atoms with Gasteiger partial charge >= 0.3 is 6.18 Å². The summed E-state index contributed by atoms with van der Waals surface area (Å²) in [5.41, 5.74) is 4.66. The van der Waals surface area contributed by atoms with E-state index in [2.05, 4.69) is 15.5 Å². The Morgan fingerprint density at radius 2 is 2.08 bits per heavy atom. The largest absolute Gasteiger partial charge is 0.435 e. The molecule has 2 heterocycles. The molecule has 2 amide bonds. The topological polar surface area (TPSA) is 108 Å². The summed E-state index contributed by atoms with van der Waals surface area (Å²) in [6.45, 7) is -0.408. The number of primary amides is 1. The minimum absolute atomic E-state index is 0.00721. The minimum atomic E-state index is -4.58. The maximum atomic E-state index is 12.9. The molecule has 1 aliphatic rings. The zero-order valence-electron chi connectivity index (χ0n) is 13.2. The minimum Gasteiger partial charge on any atom is -0.364 e. The van der Waals surface area contributed by atoms with Gasteiger partial charge in [-0.05, 0) is 18.9 Å². The Hall–Kier alpha value is -2.85. The maximum Gasteiger partial charge on any atom is 0.435 e. The van der Waals surface area contributed by atoms with Crippen molar-refractivity contribution in [2.24, 2.45) is 12.8 Å². The molecule has 0 radical (unpaired) electrons. The molecule has 0 atom stereocenters. The lowest BCUT2D eigenvalue weighted by Gasteiger charge is -2.08. The molecular weight excluding hydrogens is 341 g/mol. The third-order valence-corrected chi connectivity index (χ3v) is 3.84. The van der Waals surface area contributed by atoms with Gasteiger partial charge in [-0.2, -0.15) is 23.4 Å². The number of nitrogens with one attached hydrogen (secondary N) is 1. The molecule has 0 bridgehead atoms. The molecule has 3 rings (SSSR count). The number of carbonyl (C=O) groups is 2. The molecule has 0 spiro atoms. The zero-order chi connectivity index (χ0) is 18.4. The maximum absolute atomic E-state index is 12.9. The zero-order valence-corrected chi connectivity index (χ0v) is 13.2. The summed E-state index contributed by atoms with van der Waals surface area (Å²) >= 11 is 0. The van der Waals surface area contributed by atoms with Gasteiger partial charge in [0.2, 0.25) is 5.91 Å². The summed E-state index contributed by atoms with van der Waals surface area (Å²) in [5.74, 6) is -1.43. The summed E-state index contributed by atoms with van der Waals surface area (Å²) in [5, 5.41) is 9.76. The number of halogens is 3. The summed E-state index contributed by atoms with van der Waals surface area (Å²) in [6, 6.07) is 0.976. The van der Waals surface area contributed by atoms with E-state index in [4.69, 9.17) is 5.73 Å². The fourth-order valence-electron chi connectivity index (χ4n) is 2.55. The molecule has 2 aromatic heterocycles. The van der Waals surface area contributed by atoms with Crippen LogP contribution in [0.4, 0.5) is 18.9 Å². The Labute approximate surface area is 139 Å². The van der Waals surface area contributed by atoms with E-state index in [1.807, 2.05) is 0 Å². The van der Waals surface area contributed by atoms with Crippen LogP contribution < -0.4 is 11.1 Å². The Morgan fingerprint density at radius 1 is 1.40 bits per heavy atom. The van der Waals surface area contributed by atoms with Crippen LogP contribution >= 0.6 is 0 Å². The van der Waals surface area contributed by atoms with Crippen molar-refractivity contribution >= 4 is 17.5 Å². The van der Waals surface area contributed by atoms with Crippen LogP contribution in [0.3, 0.4) is 0 Å². The predicted octanol–water partition coefficient (Wildman–Crippen LogP) is 1.25. The van der Waals surface area contributed by atoms with Crippen molar-refractivity contribution in [3.05, 3.63) is 29.3 Å². The van der Waals surface area contributed by atoms with Crippen LogP contribution in [0, 0.1) is 0 Å². The van der Waals surface area contributed by atoms with Crippen LogP contribution in [0.2, 0.25) is 0 Å². The number of hydrogen-bond acceptors (Lipinski definition) is 4. The number of rotatable bonds is 5. The Bertz CT molecular complexity index is 834. The van der Waals surface area contributed by atoms with Crippen LogP contribution in [-0.2, 0) is 24.6 Å². The second kappa shape index (κ2) is 5.90. The molecule has 1 fully saturated rings. The van der Waals surface area contributed by atoms with Gasteiger partial charge in [-0.25, -0.2) is 0 Å². The number of alkyl halides is 3. The number of nitrogens with two attached hydrogens (primary N) is 1. The lowest BCUT2D eigenvalue weighted by atomic mass is 10.2. The quantitative estimate of drug-likeness (QED) is 0.840. The van der Waals surface area contributed by atoms with Crippen molar-refractivity contribution in [2.45, 2.75) is 31.5 Å². The lowest BCUT2D eigenvalue weighted by Crippen LogP contribution is -2.24. The Morgan fingerprint density at radius 3 is 2.64 bits per heavy atom. The molecule has 3 N–H and O–H groups in total. The predicted molar refractivity (Wildman–Crippen MR) is 79.6 cm³/mol. The molecule has 25 heavy (non-hydrogen) atoms. The summed E-state index contributed by atoms with van der Waals surface area (Å²) in [6.07, 6.45) is -1.81. The van der Waals surface area contributed by atoms with Gasteiger partial charge < -0.3 is 11.1 Å². The highest BCUT2D eigenvalue weighted by molar-refractivity contribution is 6.01. The van der Waals surface area contributed by atoms with E-state index in [1.165, 1.54) is 17.9 Å². The molecule has 134 valence electrons. The van der Waals surface area contributed by atoms with Gasteiger partial charge in [0.05, 0.1) is 11.9 Å². The molecule has 8 nitrogen and oxygen atoms in total. The highest BCUT2D eigenvalue weighted by atomic mass is 19.4. The van der Waals surface area contributed by atoms with Gasteiger partial charge in [0.15, 0.2) is 5.69 Å².